The maximum Gasteiger partial charge on any atom is 0.334 e. The van der Waals surface area contributed by atoms with E-state index in [1.54, 1.807) is 36.4 Å². The molecule has 7 heteroatoms. The number of fused-ring (bicyclic) bond motifs is 1. The van der Waals surface area contributed by atoms with Gasteiger partial charge in [-0.2, -0.15) is 0 Å². The lowest BCUT2D eigenvalue weighted by molar-refractivity contribution is 0.414. The molecule has 0 aliphatic heterocycles. The number of benzene rings is 3. The van der Waals surface area contributed by atoms with Gasteiger partial charge in [-0.3, -0.25) is 9.78 Å². The maximum atomic E-state index is 13.4. The number of phenols is 1. The molecule has 2 aromatic heterocycles. The van der Waals surface area contributed by atoms with Crippen LogP contribution in [0.5, 0.6) is 11.5 Å². The van der Waals surface area contributed by atoms with Crippen LogP contribution in [0.2, 0.25) is 0 Å². The zero-order valence-electron chi connectivity index (χ0n) is 17.0. The number of methoxy groups -OCH3 is 1. The molecule has 0 aliphatic carbocycles. The lowest BCUT2D eigenvalue weighted by Gasteiger charge is -2.08. The molecule has 0 bridgehead atoms. The molecule has 5 rings (SSSR count). The van der Waals surface area contributed by atoms with Crippen LogP contribution in [0.15, 0.2) is 87.8 Å². The van der Waals surface area contributed by atoms with E-state index in [2.05, 4.69) is 4.98 Å². The summed E-state index contributed by atoms with van der Waals surface area (Å²) in [5.74, 6) is 0.778. The van der Waals surface area contributed by atoms with Crippen LogP contribution >= 0.6 is 11.3 Å². The van der Waals surface area contributed by atoms with Crippen LogP contribution in [-0.4, -0.2) is 21.8 Å². The zero-order valence-corrected chi connectivity index (χ0v) is 17.8. The molecule has 0 saturated heterocycles. The lowest BCUT2D eigenvalue weighted by Crippen LogP contribution is -2.33. The summed E-state index contributed by atoms with van der Waals surface area (Å²) in [6, 6.07) is 21.7. The Hall–Kier alpha value is -4.10. The Bertz CT molecular complexity index is 1540. The molecule has 0 spiro atoms. The van der Waals surface area contributed by atoms with Gasteiger partial charge in [-0.05, 0) is 41.0 Å². The molecule has 0 atom stereocenters. The van der Waals surface area contributed by atoms with E-state index in [1.807, 2.05) is 41.8 Å². The number of ether oxygens (including phenoxy) is 1. The number of H-pyrrole nitrogens is 1. The van der Waals surface area contributed by atoms with E-state index in [0.29, 0.717) is 21.7 Å². The number of hydrogen-bond donors (Lipinski definition) is 2. The van der Waals surface area contributed by atoms with Crippen LogP contribution in [0.4, 0.5) is 0 Å². The van der Waals surface area contributed by atoms with Crippen molar-refractivity contribution in [3.8, 4) is 39.4 Å². The number of aromatic amines is 1. The molecule has 0 unspecified atom stereocenters. The fraction of sp³-hybridized carbons (Fsp3) is 0.0400. The van der Waals surface area contributed by atoms with Crippen molar-refractivity contribution in [1.82, 2.24) is 9.55 Å². The normalized spacial score (nSPS) is 11.0. The summed E-state index contributed by atoms with van der Waals surface area (Å²) in [6.07, 6.45) is 0. The van der Waals surface area contributed by atoms with E-state index in [1.165, 1.54) is 18.4 Å². The highest BCUT2D eigenvalue weighted by molar-refractivity contribution is 7.17. The van der Waals surface area contributed by atoms with Crippen molar-refractivity contribution in [2.45, 2.75) is 0 Å². The highest BCUT2D eigenvalue weighted by Crippen LogP contribution is 2.32. The van der Waals surface area contributed by atoms with E-state index in [4.69, 9.17) is 4.74 Å². The van der Waals surface area contributed by atoms with Crippen LogP contribution in [-0.2, 0) is 0 Å². The number of rotatable bonds is 4. The summed E-state index contributed by atoms with van der Waals surface area (Å²) < 4.78 is 6.37. The van der Waals surface area contributed by atoms with Gasteiger partial charge in [0, 0.05) is 17.0 Å². The first-order chi connectivity index (χ1) is 15.5. The molecule has 158 valence electrons. The van der Waals surface area contributed by atoms with E-state index in [0.717, 1.165) is 26.8 Å². The maximum absolute atomic E-state index is 13.4. The molecule has 0 radical (unpaired) electrons. The quantitative estimate of drug-likeness (QED) is 0.419. The molecule has 6 nitrogen and oxygen atoms in total. The summed E-state index contributed by atoms with van der Waals surface area (Å²) >= 11 is 1.33. The average molecular weight is 442 g/mol. The van der Waals surface area contributed by atoms with Gasteiger partial charge in [0.05, 0.1) is 18.2 Å². The minimum absolute atomic E-state index is 0.219. The second-order valence-corrected chi connectivity index (χ2v) is 8.13. The molecule has 0 saturated carbocycles. The van der Waals surface area contributed by atoms with Gasteiger partial charge in [0.15, 0.2) is 0 Å². The first-order valence-corrected chi connectivity index (χ1v) is 10.7. The molecular formula is C25H18N2O4S. The minimum atomic E-state index is -0.494. The predicted octanol–water partition coefficient (Wildman–Crippen LogP) is 4.79. The number of phenolic OH excluding ortho intramolecular Hbond substituents is 1. The van der Waals surface area contributed by atoms with Crippen LogP contribution in [0.25, 0.3) is 38.2 Å². The van der Waals surface area contributed by atoms with Crippen molar-refractivity contribution in [3.05, 3.63) is 99.0 Å². The van der Waals surface area contributed by atoms with Gasteiger partial charge in [-0.1, -0.05) is 42.5 Å². The van der Waals surface area contributed by atoms with Crippen LogP contribution < -0.4 is 16.0 Å². The largest absolute Gasteiger partial charge is 0.508 e. The number of aromatic hydroxyl groups is 1. The molecule has 2 heterocycles. The van der Waals surface area contributed by atoms with Gasteiger partial charge in [0.2, 0.25) is 0 Å². The first kappa shape index (κ1) is 19.8. The average Bonchev–Trinajstić information content (AvgIpc) is 3.24. The summed E-state index contributed by atoms with van der Waals surface area (Å²) in [6.45, 7) is 0. The summed E-state index contributed by atoms with van der Waals surface area (Å²) in [5, 5.41) is 11.8. The Labute approximate surface area is 186 Å². The number of nitrogens with one attached hydrogen (secondary N) is 1. The van der Waals surface area contributed by atoms with Gasteiger partial charge in [-0.15, -0.1) is 11.3 Å². The lowest BCUT2D eigenvalue weighted by atomic mass is 10.0. The number of aromatic nitrogens is 2. The fourth-order valence-electron chi connectivity index (χ4n) is 3.71. The third kappa shape index (κ3) is 3.38. The van der Waals surface area contributed by atoms with E-state index in [9.17, 15) is 14.7 Å². The third-order valence-corrected chi connectivity index (χ3v) is 6.24. The summed E-state index contributed by atoms with van der Waals surface area (Å²) in [7, 11) is 1.54. The van der Waals surface area contributed by atoms with Crippen LogP contribution in [0.3, 0.4) is 0 Å². The van der Waals surface area contributed by atoms with Gasteiger partial charge in [0.1, 0.15) is 16.3 Å². The smallest absolute Gasteiger partial charge is 0.334 e. The van der Waals surface area contributed by atoms with Gasteiger partial charge in [0.25, 0.3) is 5.56 Å². The van der Waals surface area contributed by atoms with Crippen molar-refractivity contribution in [2.75, 3.05) is 7.11 Å². The van der Waals surface area contributed by atoms with Gasteiger partial charge in [-0.25, -0.2) is 9.36 Å². The standard InChI is InChI=1S/C25H18N2O4S/c1-31-20-4-2-3-18(13-20)27-24(29)22-21(14-32-23(22)26-25(27)30)17-7-5-15(6-8-17)16-9-11-19(28)12-10-16/h2-14,28H,1H3,(H,26,30). The molecule has 2 N–H and O–H groups in total. The first-order valence-electron chi connectivity index (χ1n) is 9.86. The van der Waals surface area contributed by atoms with Crippen molar-refractivity contribution >= 4 is 21.6 Å². The van der Waals surface area contributed by atoms with Crippen LogP contribution in [0, 0.1) is 0 Å². The topological polar surface area (TPSA) is 84.3 Å². The highest BCUT2D eigenvalue weighted by Gasteiger charge is 2.16. The molecule has 0 fully saturated rings. The van der Waals surface area contributed by atoms with E-state index < -0.39 is 5.69 Å². The van der Waals surface area contributed by atoms with Gasteiger partial charge < -0.3 is 9.84 Å². The Kier molecular flexibility index (Phi) is 4.88. The number of thiophene rings is 1. The minimum Gasteiger partial charge on any atom is -0.508 e. The monoisotopic (exact) mass is 442 g/mol. The Morgan fingerprint density at radius 2 is 1.56 bits per heavy atom. The second kappa shape index (κ2) is 7.86. The molecule has 32 heavy (non-hydrogen) atoms. The van der Waals surface area contributed by atoms with Crippen LogP contribution in [0.1, 0.15) is 0 Å². The molecule has 0 amide bonds. The van der Waals surface area contributed by atoms with Crippen molar-refractivity contribution in [2.24, 2.45) is 0 Å². The van der Waals surface area contributed by atoms with Gasteiger partial charge >= 0.3 is 5.69 Å². The van der Waals surface area contributed by atoms with Crippen molar-refractivity contribution < 1.29 is 9.84 Å². The number of nitrogens with zero attached hydrogens (tertiary/aromatic N) is 1. The second-order valence-electron chi connectivity index (χ2n) is 7.25. The predicted molar refractivity (Wildman–Crippen MR) is 127 cm³/mol. The molecule has 3 aromatic carbocycles. The SMILES string of the molecule is COc1cccc(-n2c(=O)[nH]c3scc(-c4ccc(-c5ccc(O)cc5)cc4)c3c2=O)c1. The number of hydrogen-bond acceptors (Lipinski definition) is 5. The van der Waals surface area contributed by atoms with E-state index in [-0.39, 0.29) is 11.3 Å². The van der Waals surface area contributed by atoms with Crippen molar-refractivity contribution in [1.29, 1.82) is 0 Å². The molecule has 0 aliphatic rings. The Morgan fingerprint density at radius 3 is 2.25 bits per heavy atom. The Morgan fingerprint density at radius 1 is 0.906 bits per heavy atom. The summed E-state index contributed by atoms with van der Waals surface area (Å²) in [4.78, 5) is 29.5. The Balaban J connectivity index is 1.63. The third-order valence-electron chi connectivity index (χ3n) is 5.34. The molecule has 5 aromatic rings. The molecular weight excluding hydrogens is 424 g/mol. The zero-order chi connectivity index (χ0) is 22.2. The fourth-order valence-corrected chi connectivity index (χ4v) is 4.66. The highest BCUT2D eigenvalue weighted by atomic mass is 32.1. The summed E-state index contributed by atoms with van der Waals surface area (Å²) in [5.41, 5.74) is 3.19. The van der Waals surface area contributed by atoms with Crippen molar-refractivity contribution in [3.63, 3.8) is 0 Å². The van der Waals surface area contributed by atoms with E-state index >= 15 is 0 Å².